The number of hydrogen-bond donors (Lipinski definition) is 3. The van der Waals surface area contributed by atoms with Crippen LogP contribution in [-0.4, -0.2) is 65.7 Å². The first-order chi connectivity index (χ1) is 23.8. The number of amides is 3. The van der Waals surface area contributed by atoms with Gasteiger partial charge in [0.1, 0.15) is 23.4 Å². The van der Waals surface area contributed by atoms with Gasteiger partial charge >= 0.3 is 6.03 Å². The molecule has 3 N–H and O–H groups in total. The van der Waals surface area contributed by atoms with Gasteiger partial charge < -0.3 is 30.1 Å². The average Bonchev–Trinajstić information content (AvgIpc) is 3.11. The Morgan fingerprint density at radius 2 is 1.65 bits per heavy atom. The standard InChI is InChI=1S/C40H42N4O5/c1-27-23-44(28(2)26-45)39(46)35-22-31(41-40(47)42-36-15-9-11-30-10-7-8-14-34(30)36)18-21-37(35)49-38(27)25-43(3)24-29-16-19-33(20-17-29)48-32-12-5-4-6-13-32/h4-22,27-28,38,45H,23-26H2,1-3H3,(H2,41,42,47)/t27-,28-,38+/m1/s1. The van der Waals surface area contributed by atoms with Gasteiger partial charge in [-0.1, -0.05) is 73.7 Å². The molecule has 1 aliphatic heterocycles. The molecule has 5 aromatic carbocycles. The number of urea groups is 1. The molecule has 0 bridgehead atoms. The summed E-state index contributed by atoms with van der Waals surface area (Å²) in [5.74, 6) is 1.71. The molecule has 0 radical (unpaired) electrons. The first-order valence-corrected chi connectivity index (χ1v) is 16.6. The summed E-state index contributed by atoms with van der Waals surface area (Å²) >= 11 is 0. The van der Waals surface area contributed by atoms with Crippen molar-refractivity contribution in [3.63, 3.8) is 0 Å². The predicted molar refractivity (Wildman–Crippen MR) is 193 cm³/mol. The number of fused-ring (bicyclic) bond motifs is 2. The van der Waals surface area contributed by atoms with Crippen molar-refractivity contribution in [1.82, 2.24) is 9.80 Å². The Hall–Kier alpha value is -5.38. The number of benzene rings is 5. The first-order valence-electron chi connectivity index (χ1n) is 16.6. The normalized spacial score (nSPS) is 16.7. The zero-order valence-electron chi connectivity index (χ0n) is 28.0. The third-order valence-corrected chi connectivity index (χ3v) is 8.81. The van der Waals surface area contributed by atoms with Crippen molar-refractivity contribution in [2.24, 2.45) is 5.92 Å². The Morgan fingerprint density at radius 1 is 0.939 bits per heavy atom. The largest absolute Gasteiger partial charge is 0.488 e. The Morgan fingerprint density at radius 3 is 2.43 bits per heavy atom. The number of rotatable bonds is 10. The molecule has 6 rings (SSSR count). The highest BCUT2D eigenvalue weighted by Crippen LogP contribution is 2.31. The number of aliphatic hydroxyl groups is 1. The van der Waals surface area contributed by atoms with E-state index < -0.39 is 12.1 Å². The molecule has 3 amide bonds. The minimum atomic E-state index is -0.427. The quantitative estimate of drug-likeness (QED) is 0.143. The molecule has 9 heteroatoms. The van der Waals surface area contributed by atoms with E-state index in [1.807, 2.05) is 98.9 Å². The van der Waals surface area contributed by atoms with Gasteiger partial charge in [-0.15, -0.1) is 0 Å². The van der Waals surface area contributed by atoms with Gasteiger partial charge in [0.15, 0.2) is 0 Å². The van der Waals surface area contributed by atoms with Crippen molar-refractivity contribution in [3.8, 4) is 17.2 Å². The second-order valence-corrected chi connectivity index (χ2v) is 12.7. The second kappa shape index (κ2) is 15.2. The highest BCUT2D eigenvalue weighted by Gasteiger charge is 2.33. The molecular weight excluding hydrogens is 616 g/mol. The van der Waals surface area contributed by atoms with Gasteiger partial charge in [0.25, 0.3) is 5.91 Å². The van der Waals surface area contributed by atoms with E-state index in [1.165, 1.54) is 0 Å². The summed E-state index contributed by atoms with van der Waals surface area (Å²) in [6.07, 6.45) is -0.251. The van der Waals surface area contributed by atoms with Crippen LogP contribution in [-0.2, 0) is 6.54 Å². The van der Waals surface area contributed by atoms with E-state index in [9.17, 15) is 14.7 Å². The van der Waals surface area contributed by atoms with Crippen molar-refractivity contribution in [2.75, 3.05) is 37.4 Å². The molecule has 5 aromatic rings. The van der Waals surface area contributed by atoms with Crippen molar-refractivity contribution >= 4 is 34.1 Å². The molecule has 0 saturated carbocycles. The summed E-state index contributed by atoms with van der Waals surface area (Å²) in [4.78, 5) is 30.9. The number of ether oxygens (including phenoxy) is 2. The molecule has 9 nitrogen and oxygen atoms in total. The summed E-state index contributed by atoms with van der Waals surface area (Å²) in [6.45, 7) is 5.43. The molecule has 0 aliphatic carbocycles. The Kier molecular flexibility index (Phi) is 10.4. The van der Waals surface area contributed by atoms with Gasteiger partial charge in [0.05, 0.1) is 23.9 Å². The smallest absolute Gasteiger partial charge is 0.323 e. The zero-order chi connectivity index (χ0) is 34.3. The van der Waals surface area contributed by atoms with E-state index in [-0.39, 0.29) is 24.5 Å². The van der Waals surface area contributed by atoms with Crippen LogP contribution in [0.1, 0.15) is 29.8 Å². The van der Waals surface area contributed by atoms with Crippen molar-refractivity contribution in [1.29, 1.82) is 0 Å². The topological polar surface area (TPSA) is 103 Å². The molecule has 0 saturated heterocycles. The minimum absolute atomic E-state index is 0.0283. The lowest BCUT2D eigenvalue weighted by Crippen LogP contribution is -2.49. The number of likely N-dealkylation sites (N-methyl/N-ethyl adjacent to an activating group) is 1. The van der Waals surface area contributed by atoms with E-state index in [2.05, 4.69) is 34.6 Å². The van der Waals surface area contributed by atoms with Crippen LogP contribution in [0.3, 0.4) is 0 Å². The number of aliphatic hydroxyl groups excluding tert-OH is 1. The van der Waals surface area contributed by atoms with E-state index in [0.717, 1.165) is 27.8 Å². The number of carbonyl (C=O) groups is 2. The molecule has 49 heavy (non-hydrogen) atoms. The highest BCUT2D eigenvalue weighted by molar-refractivity contribution is 6.07. The van der Waals surface area contributed by atoms with Crippen LogP contribution < -0.4 is 20.1 Å². The molecule has 0 aromatic heterocycles. The fourth-order valence-corrected chi connectivity index (χ4v) is 6.11. The molecule has 1 heterocycles. The van der Waals surface area contributed by atoms with Gasteiger partial charge in [0.2, 0.25) is 0 Å². The second-order valence-electron chi connectivity index (χ2n) is 12.7. The highest BCUT2D eigenvalue weighted by atomic mass is 16.5. The van der Waals surface area contributed by atoms with Gasteiger partial charge in [-0.3, -0.25) is 9.69 Å². The Balaban J connectivity index is 1.17. The third kappa shape index (κ3) is 8.20. The van der Waals surface area contributed by atoms with Crippen LogP contribution in [0, 0.1) is 5.92 Å². The van der Waals surface area contributed by atoms with Crippen LogP contribution in [0.15, 0.2) is 115 Å². The Bertz CT molecular complexity index is 1890. The van der Waals surface area contributed by atoms with Crippen molar-refractivity contribution < 1.29 is 24.2 Å². The van der Waals surface area contributed by atoms with Crippen LogP contribution in [0.5, 0.6) is 17.2 Å². The molecule has 0 spiro atoms. The van der Waals surface area contributed by atoms with Gasteiger partial charge in [-0.2, -0.15) is 0 Å². The van der Waals surface area contributed by atoms with Crippen LogP contribution in [0.2, 0.25) is 0 Å². The van der Waals surface area contributed by atoms with Crippen molar-refractivity contribution in [2.45, 2.75) is 32.5 Å². The summed E-state index contributed by atoms with van der Waals surface area (Å²) in [5.41, 5.74) is 2.59. The van der Waals surface area contributed by atoms with E-state index >= 15 is 0 Å². The van der Waals surface area contributed by atoms with Crippen molar-refractivity contribution in [3.05, 3.63) is 126 Å². The van der Waals surface area contributed by atoms with Gasteiger partial charge in [0, 0.05) is 36.6 Å². The zero-order valence-corrected chi connectivity index (χ0v) is 28.0. The molecule has 0 fully saturated rings. The third-order valence-electron chi connectivity index (χ3n) is 8.81. The molecule has 1 aliphatic rings. The predicted octanol–water partition coefficient (Wildman–Crippen LogP) is 7.63. The number of carbonyl (C=O) groups excluding carboxylic acids is 2. The first kappa shape index (κ1) is 33.5. The van der Waals surface area contributed by atoms with Gasteiger partial charge in [-0.05, 0) is 73.5 Å². The molecular formula is C40H42N4O5. The fourth-order valence-electron chi connectivity index (χ4n) is 6.11. The lowest BCUT2D eigenvalue weighted by atomic mass is 9.99. The number of nitrogens with one attached hydrogen (secondary N) is 2. The average molecular weight is 659 g/mol. The minimum Gasteiger partial charge on any atom is -0.488 e. The lowest BCUT2D eigenvalue weighted by molar-refractivity contribution is 0.0341. The number of para-hydroxylation sites is 1. The fraction of sp³-hybridized carbons (Fsp3) is 0.250. The monoisotopic (exact) mass is 658 g/mol. The maximum atomic E-state index is 13.9. The van der Waals surface area contributed by atoms with E-state index in [4.69, 9.17) is 9.47 Å². The molecule has 252 valence electrons. The molecule has 3 atom stereocenters. The Labute approximate surface area is 287 Å². The van der Waals surface area contributed by atoms with E-state index in [0.29, 0.717) is 42.3 Å². The summed E-state index contributed by atoms with van der Waals surface area (Å²) in [7, 11) is 2.05. The SMILES string of the molecule is C[C@@H]1CN([C@H](C)CO)C(=O)c2cc(NC(=O)Nc3cccc4ccccc34)ccc2O[C@H]1CN(C)Cc1ccc(Oc2ccccc2)cc1. The van der Waals surface area contributed by atoms with Gasteiger partial charge in [-0.25, -0.2) is 4.79 Å². The van der Waals surface area contributed by atoms with E-state index in [1.54, 1.807) is 23.1 Å². The van der Waals surface area contributed by atoms with Crippen LogP contribution >= 0.6 is 0 Å². The lowest BCUT2D eigenvalue weighted by Gasteiger charge is -2.38. The maximum absolute atomic E-state index is 13.9. The van der Waals surface area contributed by atoms with Crippen LogP contribution in [0.4, 0.5) is 16.2 Å². The summed E-state index contributed by atoms with van der Waals surface area (Å²) in [5, 5.41) is 17.8. The number of nitrogens with zero attached hydrogens (tertiary/aromatic N) is 2. The summed E-state index contributed by atoms with van der Waals surface area (Å²) in [6, 6.07) is 35.6. The summed E-state index contributed by atoms with van der Waals surface area (Å²) < 4.78 is 12.5. The number of hydrogen-bond acceptors (Lipinski definition) is 6. The maximum Gasteiger partial charge on any atom is 0.323 e. The molecule has 0 unspecified atom stereocenters. The van der Waals surface area contributed by atoms with Crippen LogP contribution in [0.25, 0.3) is 10.8 Å². The number of anilines is 2.